The number of anilines is 12. The molecule has 7 aliphatic carbocycles. The van der Waals surface area contributed by atoms with E-state index in [-0.39, 0.29) is 80.3 Å². The van der Waals surface area contributed by atoms with Crippen LogP contribution in [0, 0.1) is 23.3 Å². The standard InChI is InChI=1S/C24H24FN7O2.C23H21F2N7O2.C22H22FN7O3.C22H22N8O2/c1-24(7-8-24)18-10-19(31-34-18)30-23(33)29-17-6-5-13(9-16(17)25)15-11-32(14-3-2-4-14)22-20(15)21(26)27-12-28-22;1-23(4-5-23)16-8-17(31-34-16)29-22(33)30-19-14(24)6-11(7-15(19)25)13-9-32(12-2-3-12)21-18(13)20(26)27-10-28-21;1-22(4-5-22)16-9-17(29-33-16)28-21(32)27-15-3-2-12(8-14(15)23)13-10-30(6-7-31)20-18(13)19(24)25-11-26-20;1-22(6-7-22)16-8-17(32-29-16)28-21(31)27-12-2-5-15(24-9-12)14-10-30(13-3-4-13)20-18(14)19(23)25-11-26-20/h5-6,9-12,14H,2-4,7-8H2,1H3,(H2,26,27,28)(H2,29,30,31,33);6-10,12H,2-5H2,1H3,(H2,26,27,28)(H2,29,30,31,33);2-3,8-11,31H,4-7H2,1H3,(H2,24,25,26)(H2,27,28,29,32);2,5,8-11,13H,3-4,6-7H2,1H3,(H2,23,25,26)(H2,27,28,31). The molecule has 13 heterocycles. The van der Waals surface area contributed by atoms with E-state index in [0.717, 1.165) is 153 Å². The number of aliphatic hydroxyl groups is 1. The number of carbonyl (C=O) groups is 4. The van der Waals surface area contributed by atoms with Crippen LogP contribution in [0.25, 0.3) is 88.8 Å². The number of benzene rings is 3. The minimum atomic E-state index is -0.931. The molecular weight excluding hydrogens is 1720 g/mol. The Labute approximate surface area is 752 Å². The summed E-state index contributed by atoms with van der Waals surface area (Å²) in [6, 6.07) is 20.4. The van der Waals surface area contributed by atoms with Gasteiger partial charge in [0.25, 0.3) is 0 Å². The Kier molecular flexibility index (Phi) is 21.5. The summed E-state index contributed by atoms with van der Waals surface area (Å²) in [5.41, 5.74) is 33.0. The van der Waals surface area contributed by atoms with Gasteiger partial charge in [-0.2, -0.15) is 0 Å². The molecule has 7 saturated carbocycles. The Morgan fingerprint density at radius 3 is 1.22 bits per heavy atom. The van der Waals surface area contributed by atoms with Crippen molar-refractivity contribution in [1.82, 2.24) is 83.8 Å². The predicted molar refractivity (Wildman–Crippen MR) is 487 cm³/mol. The summed E-state index contributed by atoms with van der Waals surface area (Å²) in [6.45, 7) is 8.52. The molecule has 133 heavy (non-hydrogen) atoms. The highest BCUT2D eigenvalue weighted by Gasteiger charge is 2.46. The molecule has 0 atom stereocenters. The zero-order valence-corrected chi connectivity index (χ0v) is 72.2. The van der Waals surface area contributed by atoms with Crippen molar-refractivity contribution < 1.29 is 59.9 Å². The van der Waals surface area contributed by atoms with E-state index >= 15 is 4.39 Å². The van der Waals surface area contributed by atoms with Gasteiger partial charge in [0.15, 0.2) is 17.5 Å². The number of nitrogens with one attached hydrogen (secondary N) is 8. The van der Waals surface area contributed by atoms with Crippen LogP contribution < -0.4 is 65.5 Å². The molecule has 0 bridgehead atoms. The van der Waals surface area contributed by atoms with Crippen LogP contribution in [-0.2, 0) is 28.2 Å². The van der Waals surface area contributed by atoms with Crippen LogP contribution in [-0.4, -0.2) is 120 Å². The Bertz CT molecular complexity index is 7240. The highest BCUT2D eigenvalue weighted by molar-refractivity contribution is 6.07. The van der Waals surface area contributed by atoms with Crippen LogP contribution in [0.15, 0.2) is 159 Å². The number of urea groups is 4. The Morgan fingerprint density at radius 1 is 0.406 bits per heavy atom. The number of nitrogens with two attached hydrogens (primary N) is 4. The second kappa shape index (κ2) is 33.5. The Morgan fingerprint density at radius 2 is 0.805 bits per heavy atom. The van der Waals surface area contributed by atoms with E-state index in [0.29, 0.717) is 97.3 Å². The number of amides is 8. The number of halogens is 4. The number of fused-ring (bicyclic) bond motifs is 4. The molecule has 42 heteroatoms. The Balaban J connectivity index is 0.000000110. The van der Waals surface area contributed by atoms with Crippen LogP contribution in [0.3, 0.4) is 0 Å². The SMILES string of the molecule is CC1(c2cc(NC(=O)Nc3c(F)cc(-c4cn(C5CC5)c5ncnc(N)c45)cc3F)no2)CC1.CC1(c2cc(NC(=O)Nc3ccc(-c4cn(C5CC5)c5ncnc(N)c45)nc3)on2)CC1.CC1(c2cc(NC(=O)Nc3ccc(-c4cn(C5CCC5)c5ncnc(N)c45)cc3F)no2)CC1.CC1(c2cc(NC(=O)Nc3ccc(-c4cn(CCO)c5ncnc(N)c45)cc3F)no2)CC1. The monoisotopic (exact) mass is 1810 g/mol. The molecule has 7 aliphatic rings. The van der Waals surface area contributed by atoms with E-state index in [1.54, 1.807) is 65.6 Å². The largest absolute Gasteiger partial charge is 0.395 e. The molecule has 16 aromatic rings. The number of nitrogens with zero attached hydrogens (tertiary/aromatic N) is 17. The summed E-state index contributed by atoms with van der Waals surface area (Å²) in [5, 5.41) is 47.8. The highest BCUT2D eigenvalue weighted by Crippen LogP contribution is 2.53. The number of aromatic nitrogens is 17. The number of aliphatic hydroxyl groups excluding tert-OH is 1. The lowest BCUT2D eigenvalue weighted by Crippen LogP contribution is -2.21. The first kappa shape index (κ1) is 85.2. The summed E-state index contributed by atoms with van der Waals surface area (Å²) in [7, 11) is 0. The summed E-state index contributed by atoms with van der Waals surface area (Å²) in [5.74, 6) is 1.36. The second-order valence-corrected chi connectivity index (χ2v) is 35.7. The fraction of sp³-hybridized carbons (Fsp3) is 0.308. The highest BCUT2D eigenvalue weighted by atomic mass is 19.1. The van der Waals surface area contributed by atoms with Crippen molar-refractivity contribution in [2.45, 2.75) is 170 Å². The van der Waals surface area contributed by atoms with Crippen molar-refractivity contribution in [2.24, 2.45) is 0 Å². The van der Waals surface area contributed by atoms with E-state index in [2.05, 4.69) is 138 Å². The van der Waals surface area contributed by atoms with E-state index in [1.807, 2.05) is 30.0 Å². The van der Waals surface area contributed by atoms with Gasteiger partial charge in [0.1, 0.15) is 117 Å². The third-order valence-corrected chi connectivity index (χ3v) is 25.6. The lowest BCUT2D eigenvalue weighted by molar-refractivity contribution is 0.260. The molecule has 0 saturated heterocycles. The normalized spacial score (nSPS) is 16.2. The first-order chi connectivity index (χ1) is 64.1. The van der Waals surface area contributed by atoms with Gasteiger partial charge in [-0.15, -0.1) is 0 Å². The van der Waals surface area contributed by atoms with Gasteiger partial charge in [-0.3, -0.25) is 26.3 Å². The molecule has 8 amide bonds. The summed E-state index contributed by atoms with van der Waals surface area (Å²) in [6.07, 6.45) is 30.6. The van der Waals surface area contributed by atoms with E-state index in [1.165, 1.54) is 56.0 Å². The van der Waals surface area contributed by atoms with Crippen LogP contribution in [0.1, 0.15) is 165 Å². The van der Waals surface area contributed by atoms with Crippen LogP contribution >= 0.6 is 0 Å². The molecule has 0 unspecified atom stereocenters. The maximum absolute atomic E-state index is 15.0. The van der Waals surface area contributed by atoms with Gasteiger partial charge < -0.3 is 85.7 Å². The number of carbonyl (C=O) groups excluding carboxylic acids is 4. The fourth-order valence-corrected chi connectivity index (χ4v) is 16.1. The van der Waals surface area contributed by atoms with Gasteiger partial charge in [-0.1, -0.05) is 60.5 Å². The molecule has 38 nitrogen and oxygen atoms in total. The minimum Gasteiger partial charge on any atom is -0.395 e. The third-order valence-electron chi connectivity index (χ3n) is 25.6. The fourth-order valence-electron chi connectivity index (χ4n) is 16.1. The van der Waals surface area contributed by atoms with Gasteiger partial charge in [0, 0.05) is 118 Å². The lowest BCUT2D eigenvalue weighted by atomic mass is 9.93. The molecule has 0 radical (unpaired) electrons. The molecule has 13 aromatic heterocycles. The maximum atomic E-state index is 15.0. The van der Waals surface area contributed by atoms with Crippen molar-refractivity contribution >= 4 is 138 Å². The molecule has 0 aliphatic heterocycles. The average molecular weight is 1810 g/mol. The summed E-state index contributed by atoms with van der Waals surface area (Å²) >= 11 is 0. The number of rotatable bonds is 21. The van der Waals surface area contributed by atoms with Crippen molar-refractivity contribution in [2.75, 3.05) is 72.1 Å². The molecule has 23 rings (SSSR count). The second-order valence-electron chi connectivity index (χ2n) is 35.7. The topological polar surface area (TPSA) is 529 Å². The molecule has 3 aromatic carbocycles. The smallest absolute Gasteiger partial charge is 0.326 e. The number of hydrogen-bond donors (Lipinski definition) is 13. The molecule has 680 valence electrons. The van der Waals surface area contributed by atoms with Crippen LogP contribution in [0.5, 0.6) is 0 Å². The van der Waals surface area contributed by atoms with Gasteiger partial charge in [0.05, 0.1) is 62.8 Å². The minimum absolute atomic E-state index is 0.00152. The number of pyridine rings is 1. The maximum Gasteiger partial charge on any atom is 0.326 e. The quantitative estimate of drug-likeness (QED) is 0.0297. The molecular formula is C91H89F4N29O9. The molecule has 0 spiro atoms. The number of hydrogen-bond acceptors (Lipinski definition) is 26. The third kappa shape index (κ3) is 17.4. The van der Waals surface area contributed by atoms with Crippen LogP contribution in [0.2, 0.25) is 0 Å². The zero-order chi connectivity index (χ0) is 92.1. The van der Waals surface area contributed by atoms with E-state index in [4.69, 9.17) is 41.0 Å². The first-order valence-corrected chi connectivity index (χ1v) is 43.4. The number of nitrogen functional groups attached to an aromatic ring is 4. The van der Waals surface area contributed by atoms with Gasteiger partial charge >= 0.3 is 24.1 Å². The van der Waals surface area contributed by atoms with Gasteiger partial charge in [-0.05, 0) is 162 Å². The van der Waals surface area contributed by atoms with Crippen molar-refractivity contribution in [3.05, 3.63) is 187 Å². The van der Waals surface area contributed by atoms with Crippen molar-refractivity contribution in [3.63, 3.8) is 0 Å². The van der Waals surface area contributed by atoms with Crippen LogP contribution in [0.4, 0.5) is 106 Å². The van der Waals surface area contributed by atoms with E-state index in [9.17, 15) is 37.5 Å². The predicted octanol–water partition coefficient (Wildman–Crippen LogP) is 17.8. The van der Waals surface area contributed by atoms with Crippen molar-refractivity contribution in [3.8, 4) is 44.6 Å². The molecule has 7 fully saturated rings. The van der Waals surface area contributed by atoms with Crippen molar-refractivity contribution in [1.29, 1.82) is 0 Å². The summed E-state index contributed by atoms with van der Waals surface area (Å²) < 4.78 is 88.8. The Hall–Kier alpha value is -15.9. The van der Waals surface area contributed by atoms with Gasteiger partial charge in [-0.25, -0.2) is 76.6 Å². The lowest BCUT2D eigenvalue weighted by Gasteiger charge is -2.27. The first-order valence-electron chi connectivity index (χ1n) is 43.4. The van der Waals surface area contributed by atoms with E-state index < -0.39 is 53.1 Å². The summed E-state index contributed by atoms with van der Waals surface area (Å²) in [4.78, 5) is 87.7. The zero-order valence-electron chi connectivity index (χ0n) is 72.2. The average Bonchev–Trinajstić information content (AvgIpc) is 1.61. The van der Waals surface area contributed by atoms with Gasteiger partial charge in [0.2, 0.25) is 5.88 Å². The molecule has 17 N–H and O–H groups in total.